The van der Waals surface area contributed by atoms with Crippen molar-refractivity contribution in [3.8, 4) is 0 Å². The van der Waals surface area contributed by atoms with Gasteiger partial charge in [0.1, 0.15) is 0 Å². The van der Waals surface area contributed by atoms with Crippen molar-refractivity contribution in [1.29, 1.82) is 0 Å². The number of hydrogen-bond acceptors (Lipinski definition) is 3. The SMILES string of the molecule is CC(N(C)Cc1cc(=O)n(C)c(=O)n1C)C(C)(C)C. The van der Waals surface area contributed by atoms with Gasteiger partial charge in [-0.25, -0.2) is 4.79 Å². The normalized spacial score (nSPS) is 13.9. The number of rotatable bonds is 3. The van der Waals surface area contributed by atoms with Gasteiger partial charge in [-0.3, -0.25) is 18.8 Å². The molecular weight excluding hydrogens is 242 g/mol. The summed E-state index contributed by atoms with van der Waals surface area (Å²) in [6.45, 7) is 9.27. The summed E-state index contributed by atoms with van der Waals surface area (Å²) in [6, 6.07) is 1.87. The molecule has 0 amide bonds. The third kappa shape index (κ3) is 3.35. The molecule has 1 aromatic heterocycles. The molecule has 19 heavy (non-hydrogen) atoms. The van der Waals surface area contributed by atoms with Gasteiger partial charge in [0, 0.05) is 38.4 Å². The smallest absolute Gasteiger partial charge is 0.299 e. The van der Waals surface area contributed by atoms with Crippen LogP contribution in [0.5, 0.6) is 0 Å². The molecule has 0 N–H and O–H groups in total. The van der Waals surface area contributed by atoms with Crippen molar-refractivity contribution in [1.82, 2.24) is 14.0 Å². The monoisotopic (exact) mass is 267 g/mol. The fourth-order valence-electron chi connectivity index (χ4n) is 1.98. The Morgan fingerprint density at radius 3 is 2.21 bits per heavy atom. The molecule has 0 aliphatic carbocycles. The predicted molar refractivity (Wildman–Crippen MR) is 77.3 cm³/mol. The molecular formula is C14H25N3O2. The van der Waals surface area contributed by atoms with Crippen LogP contribution in [0.2, 0.25) is 0 Å². The minimum Gasteiger partial charge on any atom is -0.299 e. The number of aromatic nitrogens is 2. The summed E-state index contributed by atoms with van der Waals surface area (Å²) in [5.41, 5.74) is 0.355. The Kier molecular flexibility index (Phi) is 4.40. The second-order valence-electron chi connectivity index (χ2n) is 6.33. The van der Waals surface area contributed by atoms with Crippen molar-refractivity contribution >= 4 is 0 Å². The molecule has 0 bridgehead atoms. The zero-order valence-corrected chi connectivity index (χ0v) is 13.0. The summed E-state index contributed by atoms with van der Waals surface area (Å²) >= 11 is 0. The van der Waals surface area contributed by atoms with Crippen LogP contribution in [0.15, 0.2) is 15.7 Å². The van der Waals surface area contributed by atoms with E-state index in [9.17, 15) is 9.59 Å². The average Bonchev–Trinajstić information content (AvgIpc) is 2.31. The van der Waals surface area contributed by atoms with Gasteiger partial charge < -0.3 is 0 Å². The van der Waals surface area contributed by atoms with Gasteiger partial charge in [-0.2, -0.15) is 0 Å². The molecule has 1 heterocycles. The van der Waals surface area contributed by atoms with Gasteiger partial charge >= 0.3 is 5.69 Å². The minimum absolute atomic E-state index is 0.146. The Morgan fingerprint density at radius 2 is 1.74 bits per heavy atom. The molecule has 108 valence electrons. The fourth-order valence-corrected chi connectivity index (χ4v) is 1.98. The second-order valence-corrected chi connectivity index (χ2v) is 6.33. The Morgan fingerprint density at radius 1 is 1.21 bits per heavy atom. The van der Waals surface area contributed by atoms with Gasteiger partial charge in [0.05, 0.1) is 0 Å². The van der Waals surface area contributed by atoms with Crippen LogP contribution in [-0.4, -0.2) is 27.1 Å². The van der Waals surface area contributed by atoms with Crippen LogP contribution < -0.4 is 11.2 Å². The summed E-state index contributed by atoms with van der Waals surface area (Å²) < 4.78 is 2.66. The van der Waals surface area contributed by atoms with E-state index in [0.717, 1.165) is 10.3 Å². The standard InChI is InChI=1S/C14H25N3O2/c1-10(14(2,3)4)15(5)9-11-8-12(18)17(7)13(19)16(11)6/h8,10H,9H2,1-7H3. The van der Waals surface area contributed by atoms with E-state index in [1.807, 2.05) is 7.05 Å². The molecule has 0 saturated heterocycles. The molecule has 0 fully saturated rings. The third-order valence-corrected chi connectivity index (χ3v) is 3.95. The highest BCUT2D eigenvalue weighted by Crippen LogP contribution is 2.23. The van der Waals surface area contributed by atoms with Gasteiger partial charge in [0.25, 0.3) is 5.56 Å². The zero-order valence-electron chi connectivity index (χ0n) is 13.0. The minimum atomic E-state index is -0.278. The van der Waals surface area contributed by atoms with Crippen LogP contribution in [-0.2, 0) is 20.6 Å². The Hall–Kier alpha value is -1.36. The first-order valence-corrected chi connectivity index (χ1v) is 6.52. The highest BCUT2D eigenvalue weighted by molar-refractivity contribution is 5.02. The van der Waals surface area contributed by atoms with Crippen LogP contribution in [0.25, 0.3) is 0 Å². The highest BCUT2D eigenvalue weighted by atomic mass is 16.2. The molecule has 0 saturated carbocycles. The van der Waals surface area contributed by atoms with E-state index in [2.05, 4.69) is 32.6 Å². The van der Waals surface area contributed by atoms with Gasteiger partial charge in [-0.05, 0) is 19.4 Å². The maximum Gasteiger partial charge on any atom is 0.330 e. The first kappa shape index (κ1) is 15.7. The lowest BCUT2D eigenvalue weighted by molar-refractivity contribution is 0.132. The lowest BCUT2D eigenvalue weighted by Gasteiger charge is -2.35. The first-order valence-electron chi connectivity index (χ1n) is 6.52. The molecule has 0 aliphatic heterocycles. The van der Waals surface area contributed by atoms with Crippen molar-refractivity contribution in [2.45, 2.75) is 40.3 Å². The largest absolute Gasteiger partial charge is 0.330 e. The molecule has 1 unspecified atom stereocenters. The summed E-state index contributed by atoms with van der Waals surface area (Å²) in [7, 11) is 5.21. The Labute approximate surface area is 114 Å². The number of nitrogens with zero attached hydrogens (tertiary/aromatic N) is 3. The highest BCUT2D eigenvalue weighted by Gasteiger charge is 2.24. The fraction of sp³-hybridized carbons (Fsp3) is 0.714. The lowest BCUT2D eigenvalue weighted by Crippen LogP contribution is -2.42. The lowest BCUT2D eigenvalue weighted by atomic mass is 9.87. The quantitative estimate of drug-likeness (QED) is 0.819. The van der Waals surface area contributed by atoms with Crippen molar-refractivity contribution < 1.29 is 0 Å². The van der Waals surface area contributed by atoms with E-state index >= 15 is 0 Å². The predicted octanol–water partition coefficient (Wildman–Crippen LogP) is 0.950. The van der Waals surface area contributed by atoms with E-state index in [4.69, 9.17) is 0 Å². The number of hydrogen-bond donors (Lipinski definition) is 0. The zero-order chi connectivity index (χ0) is 15.0. The van der Waals surface area contributed by atoms with Crippen LogP contribution in [0.3, 0.4) is 0 Å². The van der Waals surface area contributed by atoms with Gasteiger partial charge in [-0.1, -0.05) is 20.8 Å². The van der Waals surface area contributed by atoms with Crippen molar-refractivity contribution in [3.63, 3.8) is 0 Å². The van der Waals surface area contributed by atoms with Crippen LogP contribution in [0.4, 0.5) is 0 Å². The van der Waals surface area contributed by atoms with E-state index in [1.165, 1.54) is 17.7 Å². The molecule has 0 spiro atoms. The van der Waals surface area contributed by atoms with Gasteiger partial charge in [0.2, 0.25) is 0 Å². The molecule has 5 nitrogen and oxygen atoms in total. The Balaban J connectivity index is 3.08. The first-order chi connectivity index (χ1) is 8.55. The molecule has 0 radical (unpaired) electrons. The molecule has 0 aliphatic rings. The maximum absolute atomic E-state index is 11.9. The second kappa shape index (κ2) is 5.33. The third-order valence-electron chi connectivity index (χ3n) is 3.95. The van der Waals surface area contributed by atoms with Crippen LogP contribution >= 0.6 is 0 Å². The molecule has 1 atom stereocenters. The van der Waals surface area contributed by atoms with E-state index < -0.39 is 0 Å². The summed E-state index contributed by atoms with van der Waals surface area (Å²) in [4.78, 5) is 25.7. The van der Waals surface area contributed by atoms with Gasteiger partial charge in [0.15, 0.2) is 0 Å². The average molecular weight is 267 g/mol. The van der Waals surface area contributed by atoms with Crippen molar-refractivity contribution in [2.24, 2.45) is 19.5 Å². The van der Waals surface area contributed by atoms with E-state index in [0.29, 0.717) is 12.6 Å². The van der Waals surface area contributed by atoms with E-state index in [-0.39, 0.29) is 16.7 Å². The van der Waals surface area contributed by atoms with E-state index in [1.54, 1.807) is 7.05 Å². The topological polar surface area (TPSA) is 47.2 Å². The van der Waals surface area contributed by atoms with Crippen LogP contribution in [0.1, 0.15) is 33.4 Å². The molecule has 1 rings (SSSR count). The molecule has 0 aromatic carbocycles. The van der Waals surface area contributed by atoms with Crippen LogP contribution in [0, 0.1) is 5.41 Å². The summed E-state index contributed by atoms with van der Waals surface area (Å²) in [5, 5.41) is 0. The molecule has 5 heteroatoms. The maximum atomic E-state index is 11.9. The van der Waals surface area contributed by atoms with Gasteiger partial charge in [-0.15, -0.1) is 0 Å². The summed E-state index contributed by atoms with van der Waals surface area (Å²) in [6.07, 6.45) is 0. The summed E-state index contributed by atoms with van der Waals surface area (Å²) in [5.74, 6) is 0. The Bertz CT molecular complexity index is 564. The molecule has 1 aromatic rings. The van der Waals surface area contributed by atoms with Crippen molar-refractivity contribution in [2.75, 3.05) is 7.05 Å². The van der Waals surface area contributed by atoms with Crippen molar-refractivity contribution in [3.05, 3.63) is 32.6 Å².